The number of rotatable bonds is 6. The van der Waals surface area contributed by atoms with Crippen molar-refractivity contribution in [1.29, 1.82) is 5.26 Å². The molecule has 4 nitrogen and oxygen atoms in total. The number of ketones is 1. The summed E-state index contributed by atoms with van der Waals surface area (Å²) in [6.45, 7) is 0.379. The number of carbonyl (C=O) groups is 1. The first-order valence-corrected chi connectivity index (χ1v) is 5.84. The molecule has 108 valence electrons. The number of ether oxygens (including phenoxy) is 1. The third-order valence-corrected chi connectivity index (χ3v) is 2.63. The smallest absolute Gasteiger partial charge is 0.385 e. The van der Waals surface area contributed by atoms with Crippen molar-refractivity contribution in [2.45, 2.75) is 24.9 Å². The zero-order chi connectivity index (χ0) is 15.2. The van der Waals surface area contributed by atoms with Crippen molar-refractivity contribution in [3.05, 3.63) is 29.6 Å². The highest BCUT2D eigenvalue weighted by Crippen LogP contribution is 2.29. The van der Waals surface area contributed by atoms with E-state index in [0.717, 1.165) is 12.1 Å². The Labute approximate surface area is 114 Å². The van der Waals surface area contributed by atoms with Gasteiger partial charge in [0.1, 0.15) is 5.92 Å². The Morgan fingerprint density at radius 2 is 2.20 bits per heavy atom. The number of nitrogens with zero attached hydrogens (tertiary/aromatic N) is 2. The minimum atomic E-state index is -4.49. The van der Waals surface area contributed by atoms with Crippen molar-refractivity contribution >= 4 is 5.78 Å². The average molecular weight is 286 g/mol. The Morgan fingerprint density at radius 1 is 1.50 bits per heavy atom. The van der Waals surface area contributed by atoms with Crippen LogP contribution in [0.15, 0.2) is 18.3 Å². The van der Waals surface area contributed by atoms with Crippen LogP contribution < -0.4 is 0 Å². The van der Waals surface area contributed by atoms with Gasteiger partial charge >= 0.3 is 6.18 Å². The van der Waals surface area contributed by atoms with Gasteiger partial charge in [0.05, 0.1) is 17.3 Å². The maximum atomic E-state index is 12.4. The Kier molecular flexibility index (Phi) is 5.65. The van der Waals surface area contributed by atoms with E-state index in [2.05, 4.69) is 4.98 Å². The predicted molar refractivity (Wildman–Crippen MR) is 63.7 cm³/mol. The molecule has 1 atom stereocenters. The topological polar surface area (TPSA) is 63.0 Å². The molecular weight excluding hydrogens is 273 g/mol. The van der Waals surface area contributed by atoms with E-state index in [-0.39, 0.29) is 17.9 Å². The highest BCUT2D eigenvalue weighted by molar-refractivity contribution is 5.87. The zero-order valence-corrected chi connectivity index (χ0v) is 10.8. The van der Waals surface area contributed by atoms with Crippen LogP contribution in [0.3, 0.4) is 0 Å². The molecule has 1 rings (SSSR count). The van der Waals surface area contributed by atoms with Crippen LogP contribution in [-0.4, -0.2) is 24.5 Å². The van der Waals surface area contributed by atoms with Crippen molar-refractivity contribution in [1.82, 2.24) is 4.98 Å². The largest absolute Gasteiger partial charge is 0.417 e. The van der Waals surface area contributed by atoms with Crippen LogP contribution in [0.2, 0.25) is 0 Å². The molecule has 0 fully saturated rings. The number of halogens is 3. The van der Waals surface area contributed by atoms with Crippen LogP contribution >= 0.6 is 0 Å². The first-order chi connectivity index (χ1) is 9.40. The second-order valence-electron chi connectivity index (χ2n) is 4.09. The minimum Gasteiger partial charge on any atom is -0.385 e. The predicted octanol–water partition coefficient (Wildman–Crippen LogP) is 2.70. The van der Waals surface area contributed by atoms with E-state index in [1.165, 1.54) is 7.11 Å². The van der Waals surface area contributed by atoms with Gasteiger partial charge in [0.25, 0.3) is 0 Å². The fourth-order valence-electron chi connectivity index (χ4n) is 1.58. The Morgan fingerprint density at radius 3 is 2.65 bits per heavy atom. The van der Waals surface area contributed by atoms with Crippen molar-refractivity contribution in [2.24, 2.45) is 0 Å². The molecule has 1 aromatic heterocycles. The molecule has 0 aromatic carbocycles. The lowest BCUT2D eigenvalue weighted by atomic mass is 9.97. The van der Waals surface area contributed by atoms with E-state index >= 15 is 0 Å². The second-order valence-corrected chi connectivity index (χ2v) is 4.09. The van der Waals surface area contributed by atoms with E-state index in [1.54, 1.807) is 6.07 Å². The maximum Gasteiger partial charge on any atom is 0.417 e. The normalized spacial score (nSPS) is 12.8. The third-order valence-electron chi connectivity index (χ3n) is 2.63. The summed E-state index contributed by atoms with van der Waals surface area (Å²) in [5.41, 5.74) is -0.882. The number of alkyl halides is 3. The fraction of sp³-hybridized carbons (Fsp3) is 0.462. The Bertz CT molecular complexity index is 492. The van der Waals surface area contributed by atoms with Crippen LogP contribution in [-0.2, 0) is 15.7 Å². The van der Waals surface area contributed by atoms with Gasteiger partial charge < -0.3 is 4.74 Å². The number of carbonyl (C=O) groups excluding carboxylic acids is 1. The minimum absolute atomic E-state index is 0.0305. The molecule has 0 aliphatic rings. The molecule has 0 saturated heterocycles. The fourth-order valence-corrected chi connectivity index (χ4v) is 1.58. The highest BCUT2D eigenvalue weighted by atomic mass is 19.4. The molecule has 0 amide bonds. The molecule has 0 aliphatic heterocycles. The lowest BCUT2D eigenvalue weighted by Gasteiger charge is -2.10. The first-order valence-electron chi connectivity index (χ1n) is 5.84. The number of hydrogen-bond donors (Lipinski definition) is 0. The van der Waals surface area contributed by atoms with Crippen LogP contribution in [0, 0.1) is 11.3 Å². The van der Waals surface area contributed by atoms with E-state index < -0.39 is 17.7 Å². The standard InChI is InChI=1S/C13H13F3N2O2/c1-20-6-2-3-12(19)10(7-17)11-5-4-9(8-18-11)13(14,15)16/h4-5,8,10H,2-3,6H2,1H3. The van der Waals surface area contributed by atoms with Gasteiger partial charge in [-0.1, -0.05) is 0 Å². The molecule has 1 heterocycles. The summed E-state index contributed by atoms with van der Waals surface area (Å²) in [5, 5.41) is 8.97. The van der Waals surface area contributed by atoms with Crippen LogP contribution in [0.5, 0.6) is 0 Å². The number of hydrogen-bond acceptors (Lipinski definition) is 4. The molecule has 0 spiro atoms. The first kappa shape index (κ1) is 16.1. The van der Waals surface area contributed by atoms with Gasteiger partial charge in [-0.3, -0.25) is 9.78 Å². The summed E-state index contributed by atoms with van der Waals surface area (Å²) in [7, 11) is 1.49. The number of aromatic nitrogens is 1. The van der Waals surface area contributed by atoms with E-state index in [9.17, 15) is 18.0 Å². The van der Waals surface area contributed by atoms with Crippen LogP contribution in [0.1, 0.15) is 30.0 Å². The van der Waals surface area contributed by atoms with Crippen molar-refractivity contribution in [2.75, 3.05) is 13.7 Å². The lowest BCUT2D eigenvalue weighted by Crippen LogP contribution is -2.14. The van der Waals surface area contributed by atoms with Gasteiger partial charge in [0.15, 0.2) is 5.78 Å². The molecule has 0 N–H and O–H groups in total. The molecule has 1 aromatic rings. The molecule has 1 unspecified atom stereocenters. The van der Waals surface area contributed by atoms with Gasteiger partial charge in [-0.05, 0) is 18.6 Å². The van der Waals surface area contributed by atoms with Gasteiger partial charge in [-0.2, -0.15) is 18.4 Å². The van der Waals surface area contributed by atoms with Gasteiger partial charge in [-0.25, -0.2) is 0 Å². The summed E-state index contributed by atoms with van der Waals surface area (Å²) in [4.78, 5) is 15.4. The lowest BCUT2D eigenvalue weighted by molar-refractivity contribution is -0.137. The van der Waals surface area contributed by atoms with Crippen molar-refractivity contribution in [3.63, 3.8) is 0 Å². The van der Waals surface area contributed by atoms with E-state index in [4.69, 9.17) is 10.00 Å². The molecule has 20 heavy (non-hydrogen) atoms. The molecular formula is C13H13F3N2O2. The average Bonchev–Trinajstić information content (AvgIpc) is 2.39. The number of Topliss-reactive ketones (excluding diaryl/α,β-unsaturated/α-hetero) is 1. The summed E-state index contributed by atoms with van der Waals surface area (Å²) in [5.74, 6) is -1.52. The van der Waals surface area contributed by atoms with Crippen LogP contribution in [0.4, 0.5) is 13.2 Å². The monoisotopic (exact) mass is 286 g/mol. The summed E-state index contributed by atoms with van der Waals surface area (Å²) >= 11 is 0. The number of nitriles is 1. The number of methoxy groups -OCH3 is 1. The van der Waals surface area contributed by atoms with Gasteiger partial charge in [0.2, 0.25) is 0 Å². The van der Waals surface area contributed by atoms with Crippen molar-refractivity contribution < 1.29 is 22.7 Å². The maximum absolute atomic E-state index is 12.4. The molecule has 0 bridgehead atoms. The summed E-state index contributed by atoms with van der Waals surface area (Å²) < 4.78 is 41.9. The quantitative estimate of drug-likeness (QED) is 0.754. The Hall–Kier alpha value is -1.94. The van der Waals surface area contributed by atoms with Crippen molar-refractivity contribution in [3.8, 4) is 6.07 Å². The molecule has 0 aliphatic carbocycles. The van der Waals surface area contributed by atoms with Crippen LogP contribution in [0.25, 0.3) is 0 Å². The molecule has 7 heteroatoms. The third kappa shape index (κ3) is 4.31. The molecule has 0 saturated carbocycles. The SMILES string of the molecule is COCCCC(=O)C(C#N)c1ccc(C(F)(F)F)cn1. The molecule has 0 radical (unpaired) electrons. The highest BCUT2D eigenvalue weighted by Gasteiger charge is 2.31. The van der Waals surface area contributed by atoms with Gasteiger partial charge in [-0.15, -0.1) is 0 Å². The van der Waals surface area contributed by atoms with Gasteiger partial charge in [0, 0.05) is 26.3 Å². The second kappa shape index (κ2) is 7.01. The Balaban J connectivity index is 2.81. The van der Waals surface area contributed by atoms with E-state index in [1.807, 2.05) is 0 Å². The summed E-state index contributed by atoms with van der Waals surface area (Å²) in [6, 6.07) is 3.64. The van der Waals surface area contributed by atoms with E-state index in [0.29, 0.717) is 19.2 Å². The summed E-state index contributed by atoms with van der Waals surface area (Å²) in [6.07, 6.45) is -3.29. The number of pyridine rings is 1. The zero-order valence-electron chi connectivity index (χ0n) is 10.8.